The molecule has 0 aliphatic carbocycles. The van der Waals surface area contributed by atoms with Crippen LogP contribution in [0.4, 0.5) is 0 Å². The van der Waals surface area contributed by atoms with Crippen molar-refractivity contribution in [3.63, 3.8) is 0 Å². The summed E-state index contributed by atoms with van der Waals surface area (Å²) in [6.45, 7) is 3.19. The van der Waals surface area contributed by atoms with Crippen molar-refractivity contribution in [2.24, 2.45) is 4.99 Å². The minimum absolute atomic E-state index is 0. The Morgan fingerprint density at radius 3 is 2.75 bits per heavy atom. The fraction of sp³-hybridized carbons (Fsp3) is 0.529. The van der Waals surface area contributed by atoms with Crippen molar-refractivity contribution in [1.82, 2.24) is 15.5 Å². The van der Waals surface area contributed by atoms with Gasteiger partial charge in [-0.2, -0.15) is 0 Å². The molecule has 2 rings (SSSR count). The molecule has 0 bridgehead atoms. The first-order valence-electron chi connectivity index (χ1n) is 8.02. The monoisotopic (exact) mass is 446 g/mol. The highest BCUT2D eigenvalue weighted by atomic mass is 127. The van der Waals surface area contributed by atoms with Gasteiger partial charge in [0.1, 0.15) is 0 Å². The number of hydrogen-bond acceptors (Lipinski definition) is 3. The lowest BCUT2D eigenvalue weighted by Crippen LogP contribution is -2.46. The van der Waals surface area contributed by atoms with E-state index < -0.39 is 0 Å². The van der Waals surface area contributed by atoms with Crippen LogP contribution in [0.3, 0.4) is 0 Å². The predicted molar refractivity (Wildman–Crippen MR) is 107 cm³/mol. The first kappa shape index (κ1) is 20.7. The molecule has 0 saturated heterocycles. The van der Waals surface area contributed by atoms with E-state index in [0.717, 1.165) is 25.9 Å². The highest BCUT2D eigenvalue weighted by molar-refractivity contribution is 14.0. The van der Waals surface area contributed by atoms with Crippen LogP contribution in [-0.4, -0.2) is 57.2 Å². The molecule has 1 aliphatic rings. The van der Waals surface area contributed by atoms with Crippen LogP contribution in [0.5, 0.6) is 0 Å². The van der Waals surface area contributed by atoms with Crippen molar-refractivity contribution in [3.05, 3.63) is 35.4 Å². The lowest BCUT2D eigenvalue weighted by atomic mass is 10.00. The number of rotatable bonds is 6. The second-order valence-electron chi connectivity index (χ2n) is 5.53. The standard InChI is InChI=1S/C17H26N4O2.HI/c1-18-17(19-9-5-11-23-2)20-12-16(22)21-10-8-14-6-3-4-7-15(14)13-21;/h3-4,6-7H,5,8-13H2,1-2H3,(H2,18,19,20);1H. The Bertz CT molecular complexity index is 551. The number of nitrogens with zero attached hydrogens (tertiary/aromatic N) is 2. The molecule has 0 spiro atoms. The van der Waals surface area contributed by atoms with Gasteiger partial charge in [-0.05, 0) is 24.0 Å². The van der Waals surface area contributed by atoms with Crippen LogP contribution in [0, 0.1) is 0 Å². The largest absolute Gasteiger partial charge is 0.385 e. The first-order chi connectivity index (χ1) is 11.2. The summed E-state index contributed by atoms with van der Waals surface area (Å²) in [6.07, 6.45) is 1.82. The Morgan fingerprint density at radius 2 is 2.04 bits per heavy atom. The normalized spacial score (nSPS) is 13.8. The number of aliphatic imine (C=N–C) groups is 1. The SMILES string of the molecule is CN=C(NCCCOC)NCC(=O)N1CCc2ccccc2C1.I. The molecule has 6 nitrogen and oxygen atoms in total. The molecule has 0 atom stereocenters. The van der Waals surface area contributed by atoms with Gasteiger partial charge in [0.15, 0.2) is 5.96 Å². The zero-order valence-electron chi connectivity index (χ0n) is 14.4. The van der Waals surface area contributed by atoms with Crippen molar-refractivity contribution in [2.45, 2.75) is 19.4 Å². The summed E-state index contributed by atoms with van der Waals surface area (Å²) < 4.78 is 5.00. The van der Waals surface area contributed by atoms with Gasteiger partial charge in [0.25, 0.3) is 0 Å². The molecular weight excluding hydrogens is 419 g/mol. The number of carbonyl (C=O) groups is 1. The summed E-state index contributed by atoms with van der Waals surface area (Å²) >= 11 is 0. The van der Waals surface area contributed by atoms with Gasteiger partial charge in [0.2, 0.25) is 5.91 Å². The van der Waals surface area contributed by atoms with Crippen LogP contribution in [0.15, 0.2) is 29.3 Å². The third-order valence-electron chi connectivity index (χ3n) is 3.93. The Kier molecular flexibility index (Phi) is 9.70. The van der Waals surface area contributed by atoms with Gasteiger partial charge in [-0.15, -0.1) is 24.0 Å². The van der Waals surface area contributed by atoms with Crippen LogP contribution in [0.1, 0.15) is 17.5 Å². The van der Waals surface area contributed by atoms with Crippen molar-refractivity contribution in [3.8, 4) is 0 Å². The van der Waals surface area contributed by atoms with E-state index in [0.29, 0.717) is 19.1 Å². The van der Waals surface area contributed by atoms with E-state index >= 15 is 0 Å². The van der Waals surface area contributed by atoms with Crippen molar-refractivity contribution < 1.29 is 9.53 Å². The minimum atomic E-state index is 0. The lowest BCUT2D eigenvalue weighted by molar-refractivity contribution is -0.130. The average molecular weight is 446 g/mol. The molecule has 1 amide bonds. The fourth-order valence-electron chi connectivity index (χ4n) is 2.62. The molecule has 0 unspecified atom stereocenters. The number of nitrogens with one attached hydrogen (secondary N) is 2. The summed E-state index contributed by atoms with van der Waals surface area (Å²) in [5.41, 5.74) is 2.59. The van der Waals surface area contributed by atoms with Gasteiger partial charge < -0.3 is 20.3 Å². The number of carbonyl (C=O) groups excluding carboxylic acids is 1. The first-order valence-corrected chi connectivity index (χ1v) is 8.02. The molecule has 1 heterocycles. The number of benzene rings is 1. The maximum atomic E-state index is 12.4. The average Bonchev–Trinajstić information content (AvgIpc) is 2.60. The Labute approximate surface area is 161 Å². The Balaban J connectivity index is 0.00000288. The maximum absolute atomic E-state index is 12.4. The van der Waals surface area contributed by atoms with Gasteiger partial charge in [0.05, 0.1) is 6.54 Å². The number of hydrogen-bond donors (Lipinski definition) is 2. The fourth-order valence-corrected chi connectivity index (χ4v) is 2.62. The quantitative estimate of drug-likeness (QED) is 0.300. The lowest BCUT2D eigenvalue weighted by Gasteiger charge is -2.29. The molecular formula is C17H27IN4O2. The van der Waals surface area contributed by atoms with Crippen LogP contribution in [-0.2, 0) is 22.5 Å². The molecule has 0 fully saturated rings. The van der Waals surface area contributed by atoms with Gasteiger partial charge in [-0.25, -0.2) is 0 Å². The van der Waals surface area contributed by atoms with Crippen molar-refractivity contribution in [1.29, 1.82) is 0 Å². The molecule has 7 heteroatoms. The molecule has 1 aliphatic heterocycles. The number of halogens is 1. The number of methoxy groups -OCH3 is 1. The van der Waals surface area contributed by atoms with E-state index in [9.17, 15) is 4.79 Å². The number of fused-ring (bicyclic) bond motifs is 1. The molecule has 0 saturated carbocycles. The Hall–Kier alpha value is -1.35. The van der Waals surface area contributed by atoms with Crippen molar-refractivity contribution in [2.75, 3.05) is 40.4 Å². The highest BCUT2D eigenvalue weighted by Crippen LogP contribution is 2.18. The third kappa shape index (κ3) is 6.27. The number of guanidine groups is 1. The van der Waals surface area contributed by atoms with Gasteiger partial charge in [0, 0.05) is 40.4 Å². The third-order valence-corrected chi connectivity index (χ3v) is 3.93. The van der Waals surface area contributed by atoms with E-state index in [1.807, 2.05) is 11.0 Å². The van der Waals surface area contributed by atoms with E-state index in [-0.39, 0.29) is 36.4 Å². The van der Waals surface area contributed by atoms with E-state index in [1.54, 1.807) is 14.2 Å². The van der Waals surface area contributed by atoms with Crippen molar-refractivity contribution >= 4 is 35.8 Å². The summed E-state index contributed by atoms with van der Waals surface area (Å²) in [6, 6.07) is 8.31. The van der Waals surface area contributed by atoms with Crippen LogP contribution >= 0.6 is 24.0 Å². The smallest absolute Gasteiger partial charge is 0.242 e. The summed E-state index contributed by atoms with van der Waals surface area (Å²) in [5, 5.41) is 6.24. The van der Waals surface area contributed by atoms with E-state index in [2.05, 4.69) is 33.8 Å². The topological polar surface area (TPSA) is 66.0 Å². The summed E-state index contributed by atoms with van der Waals surface area (Å²) in [7, 11) is 3.38. The van der Waals surface area contributed by atoms with E-state index in [1.165, 1.54) is 11.1 Å². The molecule has 134 valence electrons. The highest BCUT2D eigenvalue weighted by Gasteiger charge is 2.20. The molecule has 24 heavy (non-hydrogen) atoms. The van der Waals surface area contributed by atoms with Crippen LogP contribution in [0.25, 0.3) is 0 Å². The Morgan fingerprint density at radius 1 is 1.29 bits per heavy atom. The maximum Gasteiger partial charge on any atom is 0.242 e. The molecule has 0 radical (unpaired) electrons. The second-order valence-corrected chi connectivity index (χ2v) is 5.53. The summed E-state index contributed by atoms with van der Waals surface area (Å²) in [4.78, 5) is 18.4. The van der Waals surface area contributed by atoms with Gasteiger partial charge in [-0.1, -0.05) is 24.3 Å². The molecule has 1 aromatic rings. The predicted octanol–water partition coefficient (Wildman–Crippen LogP) is 1.39. The second kappa shape index (κ2) is 11.2. The zero-order valence-corrected chi connectivity index (χ0v) is 16.7. The van der Waals surface area contributed by atoms with Crippen LogP contribution in [0.2, 0.25) is 0 Å². The number of amides is 1. The summed E-state index contributed by atoms with van der Waals surface area (Å²) in [5.74, 6) is 0.742. The number of ether oxygens (including phenoxy) is 1. The molecule has 0 aromatic heterocycles. The molecule has 1 aromatic carbocycles. The minimum Gasteiger partial charge on any atom is -0.385 e. The molecule has 2 N–H and O–H groups in total. The van der Waals surface area contributed by atoms with E-state index in [4.69, 9.17) is 4.74 Å². The van der Waals surface area contributed by atoms with Gasteiger partial charge >= 0.3 is 0 Å². The van der Waals surface area contributed by atoms with Crippen LogP contribution < -0.4 is 10.6 Å². The van der Waals surface area contributed by atoms with Gasteiger partial charge in [-0.3, -0.25) is 9.79 Å². The zero-order chi connectivity index (χ0) is 16.5.